The Morgan fingerprint density at radius 2 is 1.88 bits per heavy atom. The molecule has 1 aromatic carbocycles. The third-order valence-electron chi connectivity index (χ3n) is 2.09. The van der Waals surface area contributed by atoms with Crippen LogP contribution in [-0.2, 0) is 0 Å². The van der Waals surface area contributed by atoms with E-state index in [4.69, 9.17) is 10.8 Å². The number of hydrogen-bond donors (Lipinski definition) is 3. The standard InChI is InChI=1S/C11H16N2O3/c1-11(2,3)13(10(12)16)8-5-4-7(14)6-9(8)15/h4-6,14-15H,1-3H3,(H2,12,16). The quantitative estimate of drug-likeness (QED) is 0.679. The summed E-state index contributed by atoms with van der Waals surface area (Å²) in [6.07, 6.45) is 0. The van der Waals surface area contributed by atoms with Gasteiger partial charge in [-0.1, -0.05) is 0 Å². The largest absolute Gasteiger partial charge is 0.508 e. The minimum Gasteiger partial charge on any atom is -0.508 e. The number of hydrogen-bond acceptors (Lipinski definition) is 3. The molecular weight excluding hydrogens is 208 g/mol. The Morgan fingerprint density at radius 3 is 2.25 bits per heavy atom. The average Bonchev–Trinajstić information content (AvgIpc) is 2.06. The predicted octanol–water partition coefficient (Wildman–Crippen LogP) is 1.78. The number of carbonyl (C=O) groups excluding carboxylic acids is 1. The fourth-order valence-electron chi connectivity index (χ4n) is 1.51. The Kier molecular flexibility index (Phi) is 2.98. The zero-order valence-corrected chi connectivity index (χ0v) is 9.56. The van der Waals surface area contributed by atoms with Crippen LogP contribution in [-0.4, -0.2) is 21.8 Å². The number of carbonyl (C=O) groups is 1. The number of nitrogens with zero attached hydrogens (tertiary/aromatic N) is 1. The maximum absolute atomic E-state index is 11.4. The summed E-state index contributed by atoms with van der Waals surface area (Å²) in [6.45, 7) is 5.39. The smallest absolute Gasteiger partial charge is 0.319 e. The topological polar surface area (TPSA) is 86.8 Å². The summed E-state index contributed by atoms with van der Waals surface area (Å²) in [6, 6.07) is 3.34. The molecule has 0 fully saturated rings. The first-order valence-corrected chi connectivity index (χ1v) is 4.85. The van der Waals surface area contributed by atoms with Crippen LogP contribution >= 0.6 is 0 Å². The van der Waals surface area contributed by atoms with Crippen LogP contribution in [0.2, 0.25) is 0 Å². The molecule has 0 saturated carbocycles. The van der Waals surface area contributed by atoms with E-state index in [0.29, 0.717) is 0 Å². The van der Waals surface area contributed by atoms with Crippen molar-refractivity contribution in [1.29, 1.82) is 0 Å². The summed E-state index contributed by atoms with van der Waals surface area (Å²) in [5.41, 5.74) is 5.00. The molecule has 0 heterocycles. The number of aromatic hydroxyl groups is 2. The second kappa shape index (κ2) is 3.92. The predicted molar refractivity (Wildman–Crippen MR) is 61.6 cm³/mol. The molecule has 4 N–H and O–H groups in total. The number of urea groups is 1. The Morgan fingerprint density at radius 1 is 1.31 bits per heavy atom. The van der Waals surface area contributed by atoms with Crippen LogP contribution in [0.25, 0.3) is 0 Å². The van der Waals surface area contributed by atoms with Gasteiger partial charge in [-0.15, -0.1) is 0 Å². The minimum absolute atomic E-state index is 0.0698. The van der Waals surface area contributed by atoms with Gasteiger partial charge in [-0.25, -0.2) is 4.79 Å². The van der Waals surface area contributed by atoms with Crippen LogP contribution in [0.1, 0.15) is 20.8 Å². The van der Waals surface area contributed by atoms with Gasteiger partial charge in [0.25, 0.3) is 0 Å². The molecule has 2 amide bonds. The van der Waals surface area contributed by atoms with E-state index in [9.17, 15) is 9.90 Å². The van der Waals surface area contributed by atoms with Gasteiger partial charge >= 0.3 is 6.03 Å². The first kappa shape index (κ1) is 12.2. The number of benzene rings is 1. The molecule has 0 radical (unpaired) electrons. The maximum atomic E-state index is 11.4. The third-order valence-corrected chi connectivity index (χ3v) is 2.09. The highest BCUT2D eigenvalue weighted by molar-refractivity contribution is 5.93. The van der Waals surface area contributed by atoms with Crippen molar-refractivity contribution in [2.45, 2.75) is 26.3 Å². The minimum atomic E-state index is -0.659. The van der Waals surface area contributed by atoms with Gasteiger partial charge in [0.05, 0.1) is 5.69 Å². The fourth-order valence-corrected chi connectivity index (χ4v) is 1.51. The van der Waals surface area contributed by atoms with E-state index in [-0.39, 0.29) is 17.2 Å². The van der Waals surface area contributed by atoms with Crippen LogP contribution in [0.5, 0.6) is 11.5 Å². The second-order valence-corrected chi connectivity index (χ2v) is 4.52. The van der Waals surface area contributed by atoms with E-state index in [1.807, 2.05) is 0 Å². The number of rotatable bonds is 1. The Labute approximate surface area is 94.1 Å². The molecule has 0 saturated heterocycles. The number of primary amides is 1. The number of nitrogens with two attached hydrogens (primary N) is 1. The highest BCUT2D eigenvalue weighted by atomic mass is 16.3. The van der Waals surface area contributed by atoms with E-state index >= 15 is 0 Å². The molecule has 88 valence electrons. The Hall–Kier alpha value is -1.91. The van der Waals surface area contributed by atoms with E-state index in [2.05, 4.69) is 0 Å². The van der Waals surface area contributed by atoms with Crippen molar-refractivity contribution in [1.82, 2.24) is 0 Å². The first-order chi connectivity index (χ1) is 7.23. The summed E-state index contributed by atoms with van der Waals surface area (Å²) in [5, 5.41) is 18.8. The monoisotopic (exact) mass is 224 g/mol. The van der Waals surface area contributed by atoms with Gasteiger partial charge in [-0.05, 0) is 32.9 Å². The van der Waals surface area contributed by atoms with Crippen LogP contribution in [0.15, 0.2) is 18.2 Å². The van der Waals surface area contributed by atoms with Crippen LogP contribution in [0.3, 0.4) is 0 Å². The van der Waals surface area contributed by atoms with Crippen molar-refractivity contribution in [2.24, 2.45) is 5.73 Å². The summed E-state index contributed by atoms with van der Waals surface area (Å²) < 4.78 is 0. The lowest BCUT2D eigenvalue weighted by Gasteiger charge is -2.34. The van der Waals surface area contributed by atoms with Crippen LogP contribution in [0, 0.1) is 0 Å². The first-order valence-electron chi connectivity index (χ1n) is 4.85. The van der Waals surface area contributed by atoms with Crippen molar-refractivity contribution >= 4 is 11.7 Å². The lowest BCUT2D eigenvalue weighted by atomic mass is 10.0. The van der Waals surface area contributed by atoms with Gasteiger partial charge in [0.1, 0.15) is 11.5 Å². The normalized spacial score (nSPS) is 11.2. The van der Waals surface area contributed by atoms with Crippen molar-refractivity contribution < 1.29 is 15.0 Å². The number of phenolic OH excluding ortho intramolecular Hbond substituents is 2. The molecule has 16 heavy (non-hydrogen) atoms. The van der Waals surface area contributed by atoms with Gasteiger partial charge in [0.15, 0.2) is 0 Å². The zero-order chi connectivity index (χ0) is 12.5. The van der Waals surface area contributed by atoms with Gasteiger partial charge in [0, 0.05) is 11.6 Å². The van der Waals surface area contributed by atoms with E-state index in [1.54, 1.807) is 20.8 Å². The molecule has 0 spiro atoms. The lowest BCUT2D eigenvalue weighted by Crippen LogP contribution is -2.48. The molecular formula is C11H16N2O3. The number of amides is 2. The van der Waals surface area contributed by atoms with Gasteiger partial charge in [0.2, 0.25) is 0 Å². The molecule has 0 aliphatic carbocycles. The summed E-state index contributed by atoms with van der Waals surface area (Å²) in [4.78, 5) is 12.6. The Bertz CT molecular complexity index is 410. The van der Waals surface area contributed by atoms with Gasteiger partial charge in [-0.3, -0.25) is 4.90 Å². The molecule has 0 atom stereocenters. The highest BCUT2D eigenvalue weighted by Crippen LogP contribution is 2.34. The molecule has 1 rings (SSSR count). The molecule has 0 aromatic heterocycles. The summed E-state index contributed by atoms with van der Waals surface area (Å²) in [5.74, 6) is -0.256. The molecule has 5 heteroatoms. The van der Waals surface area contributed by atoms with Crippen LogP contribution in [0.4, 0.5) is 10.5 Å². The molecule has 5 nitrogen and oxygen atoms in total. The van der Waals surface area contributed by atoms with Crippen molar-refractivity contribution in [2.75, 3.05) is 4.90 Å². The molecule has 1 aromatic rings. The third kappa shape index (κ3) is 2.36. The Balaban J connectivity index is 3.28. The summed E-state index contributed by atoms with van der Waals surface area (Å²) in [7, 11) is 0. The van der Waals surface area contributed by atoms with Crippen molar-refractivity contribution in [3.63, 3.8) is 0 Å². The van der Waals surface area contributed by atoms with E-state index < -0.39 is 11.6 Å². The zero-order valence-electron chi connectivity index (χ0n) is 9.56. The van der Waals surface area contributed by atoms with Crippen LogP contribution < -0.4 is 10.6 Å². The van der Waals surface area contributed by atoms with Crippen molar-refractivity contribution in [3.05, 3.63) is 18.2 Å². The number of phenols is 2. The highest BCUT2D eigenvalue weighted by Gasteiger charge is 2.28. The lowest BCUT2D eigenvalue weighted by molar-refractivity contribution is 0.248. The SMILES string of the molecule is CC(C)(C)N(C(N)=O)c1ccc(O)cc1O. The molecule has 0 aliphatic heterocycles. The van der Waals surface area contributed by atoms with E-state index in [1.165, 1.54) is 17.0 Å². The van der Waals surface area contributed by atoms with E-state index in [0.717, 1.165) is 6.07 Å². The van der Waals surface area contributed by atoms with Gasteiger partial charge in [-0.2, -0.15) is 0 Å². The molecule has 0 unspecified atom stereocenters. The fraction of sp³-hybridized carbons (Fsp3) is 0.364. The van der Waals surface area contributed by atoms with Crippen molar-refractivity contribution in [3.8, 4) is 11.5 Å². The maximum Gasteiger partial charge on any atom is 0.319 e. The second-order valence-electron chi connectivity index (χ2n) is 4.52. The van der Waals surface area contributed by atoms with Gasteiger partial charge < -0.3 is 15.9 Å². The molecule has 0 aliphatic rings. The average molecular weight is 224 g/mol. The molecule has 0 bridgehead atoms. The number of anilines is 1. The summed E-state index contributed by atoms with van der Waals surface area (Å²) >= 11 is 0.